The van der Waals surface area contributed by atoms with E-state index in [2.05, 4.69) is 33.4 Å². The second-order valence-corrected chi connectivity index (χ2v) is 10.3. The number of aryl methyl sites for hydroxylation is 1. The summed E-state index contributed by atoms with van der Waals surface area (Å²) in [5, 5.41) is 4.12. The van der Waals surface area contributed by atoms with Crippen molar-refractivity contribution in [3.8, 4) is 11.1 Å². The maximum absolute atomic E-state index is 12.2. The van der Waals surface area contributed by atoms with Gasteiger partial charge in [-0.1, -0.05) is 6.07 Å². The molecular formula is C29H32N4O3. The van der Waals surface area contributed by atoms with Crippen LogP contribution < -0.4 is 10.2 Å². The number of methoxy groups -OCH3 is 1. The van der Waals surface area contributed by atoms with Crippen molar-refractivity contribution in [3.63, 3.8) is 0 Å². The third kappa shape index (κ3) is 4.43. The van der Waals surface area contributed by atoms with Gasteiger partial charge >= 0.3 is 5.97 Å². The van der Waals surface area contributed by atoms with E-state index >= 15 is 0 Å². The highest BCUT2D eigenvalue weighted by Crippen LogP contribution is 2.39. The van der Waals surface area contributed by atoms with Gasteiger partial charge in [0, 0.05) is 36.3 Å². The molecule has 7 nitrogen and oxygen atoms in total. The lowest BCUT2D eigenvalue weighted by atomic mass is 9.89. The fourth-order valence-corrected chi connectivity index (χ4v) is 5.70. The van der Waals surface area contributed by atoms with E-state index in [1.165, 1.54) is 36.9 Å². The smallest absolute Gasteiger partial charge is 0.308 e. The summed E-state index contributed by atoms with van der Waals surface area (Å²) in [6.45, 7) is 1.67. The normalized spacial score (nSPS) is 18.1. The molecule has 0 spiro atoms. The van der Waals surface area contributed by atoms with Crippen LogP contribution in [0.15, 0.2) is 36.5 Å². The Balaban J connectivity index is 1.38. The number of aromatic nitrogens is 2. The number of anilines is 2. The third-order valence-corrected chi connectivity index (χ3v) is 7.87. The number of nitrogens with one attached hydrogen (secondary N) is 1. The Morgan fingerprint density at radius 1 is 0.972 bits per heavy atom. The molecular weight excluding hydrogens is 452 g/mol. The van der Waals surface area contributed by atoms with Crippen molar-refractivity contribution in [2.24, 2.45) is 11.8 Å². The average Bonchev–Trinajstić information content (AvgIpc) is 3.77. The number of fused-ring (bicyclic) bond motifs is 2. The predicted octanol–water partition coefficient (Wildman–Crippen LogP) is 4.91. The zero-order chi connectivity index (χ0) is 24.6. The van der Waals surface area contributed by atoms with Gasteiger partial charge < -0.3 is 15.0 Å². The maximum Gasteiger partial charge on any atom is 0.308 e. The van der Waals surface area contributed by atoms with Crippen LogP contribution in [-0.4, -0.2) is 42.0 Å². The van der Waals surface area contributed by atoms with Crippen LogP contribution in [0.4, 0.5) is 11.5 Å². The number of piperidine rings is 1. The molecule has 0 unspecified atom stereocenters. The van der Waals surface area contributed by atoms with E-state index < -0.39 is 0 Å². The standard InChI is InChI=1S/C29H32N4O3/c1-36-29(35)19-11-14-33(15-12-19)27-22-4-2-3-5-24(22)31-25-9-8-20(16-23(25)27)21-10-13-30-26(17-21)32-28(34)18-6-7-18/h8-10,13,16-19H,2-7,11-12,14-15H2,1H3,(H,30,32,34). The molecule has 7 heteroatoms. The predicted molar refractivity (Wildman–Crippen MR) is 140 cm³/mol. The first-order chi connectivity index (χ1) is 17.6. The van der Waals surface area contributed by atoms with Gasteiger partial charge in [0.1, 0.15) is 5.82 Å². The molecule has 6 rings (SSSR count). The summed E-state index contributed by atoms with van der Waals surface area (Å²) >= 11 is 0. The number of pyridine rings is 2. The number of carbonyl (C=O) groups excluding carboxylic acids is 2. The maximum atomic E-state index is 12.2. The van der Waals surface area contributed by atoms with Crippen molar-refractivity contribution in [3.05, 3.63) is 47.8 Å². The Morgan fingerprint density at radius 2 is 1.75 bits per heavy atom. The van der Waals surface area contributed by atoms with Gasteiger partial charge in [-0.25, -0.2) is 4.98 Å². The number of hydrogen-bond donors (Lipinski definition) is 1. The Labute approximate surface area is 211 Å². The highest BCUT2D eigenvalue weighted by Gasteiger charge is 2.30. The minimum atomic E-state index is -0.0965. The van der Waals surface area contributed by atoms with Crippen LogP contribution in [0.2, 0.25) is 0 Å². The molecule has 3 aromatic rings. The molecule has 3 heterocycles. The summed E-state index contributed by atoms with van der Waals surface area (Å²) in [6, 6.07) is 10.4. The van der Waals surface area contributed by atoms with Crippen LogP contribution in [0.3, 0.4) is 0 Å². The molecule has 1 amide bonds. The zero-order valence-corrected chi connectivity index (χ0v) is 20.8. The molecule has 1 saturated heterocycles. The van der Waals surface area contributed by atoms with E-state index in [0.29, 0.717) is 5.82 Å². The summed E-state index contributed by atoms with van der Waals surface area (Å²) in [7, 11) is 1.48. The average molecular weight is 485 g/mol. The number of amides is 1. The molecule has 1 aromatic carbocycles. The summed E-state index contributed by atoms with van der Waals surface area (Å²) in [5.74, 6) is 0.678. The van der Waals surface area contributed by atoms with E-state index in [9.17, 15) is 9.59 Å². The molecule has 3 aliphatic rings. The van der Waals surface area contributed by atoms with Crippen LogP contribution >= 0.6 is 0 Å². The first kappa shape index (κ1) is 23.0. The molecule has 1 N–H and O–H groups in total. The molecule has 186 valence electrons. The van der Waals surface area contributed by atoms with Gasteiger partial charge in [0.25, 0.3) is 0 Å². The van der Waals surface area contributed by atoms with Crippen LogP contribution in [0.5, 0.6) is 0 Å². The lowest BCUT2D eigenvalue weighted by Crippen LogP contribution is -2.37. The molecule has 2 aliphatic carbocycles. The van der Waals surface area contributed by atoms with Gasteiger partial charge in [-0.05, 0) is 92.3 Å². The zero-order valence-electron chi connectivity index (χ0n) is 20.8. The van der Waals surface area contributed by atoms with Crippen molar-refractivity contribution in [1.82, 2.24) is 9.97 Å². The summed E-state index contributed by atoms with van der Waals surface area (Å²) in [4.78, 5) is 36.3. The van der Waals surface area contributed by atoms with E-state index in [0.717, 1.165) is 73.6 Å². The number of carbonyl (C=O) groups is 2. The number of rotatable bonds is 5. The lowest BCUT2D eigenvalue weighted by molar-refractivity contribution is -0.146. The lowest BCUT2D eigenvalue weighted by Gasteiger charge is -2.36. The number of hydrogen-bond acceptors (Lipinski definition) is 6. The van der Waals surface area contributed by atoms with Crippen molar-refractivity contribution < 1.29 is 14.3 Å². The molecule has 2 fully saturated rings. The van der Waals surface area contributed by atoms with Crippen molar-refractivity contribution >= 4 is 34.3 Å². The Kier molecular flexibility index (Phi) is 6.07. The molecule has 0 radical (unpaired) electrons. The topological polar surface area (TPSA) is 84.4 Å². The van der Waals surface area contributed by atoms with Gasteiger partial charge in [-0.2, -0.15) is 0 Å². The minimum Gasteiger partial charge on any atom is -0.469 e. The Morgan fingerprint density at radius 3 is 2.53 bits per heavy atom. The first-order valence-electron chi connectivity index (χ1n) is 13.2. The van der Waals surface area contributed by atoms with E-state index in [4.69, 9.17) is 9.72 Å². The number of esters is 1. The third-order valence-electron chi connectivity index (χ3n) is 7.87. The SMILES string of the molecule is COC(=O)C1CCN(c2c3c(nc4ccc(-c5ccnc(NC(=O)C6CC6)c5)cc24)CCCC3)CC1. The largest absolute Gasteiger partial charge is 0.469 e. The van der Waals surface area contributed by atoms with E-state index in [1.54, 1.807) is 6.20 Å². The van der Waals surface area contributed by atoms with Gasteiger partial charge in [0.05, 0.1) is 24.2 Å². The highest BCUT2D eigenvalue weighted by atomic mass is 16.5. The number of ether oxygens (including phenoxy) is 1. The molecule has 1 saturated carbocycles. The first-order valence-corrected chi connectivity index (χ1v) is 13.2. The summed E-state index contributed by atoms with van der Waals surface area (Å²) in [6.07, 6.45) is 9.72. The van der Waals surface area contributed by atoms with Crippen molar-refractivity contribution in [2.75, 3.05) is 30.4 Å². The monoisotopic (exact) mass is 484 g/mol. The van der Waals surface area contributed by atoms with E-state index in [-0.39, 0.29) is 23.7 Å². The van der Waals surface area contributed by atoms with Crippen LogP contribution in [0, 0.1) is 11.8 Å². The van der Waals surface area contributed by atoms with E-state index in [1.807, 2.05) is 12.1 Å². The van der Waals surface area contributed by atoms with Crippen molar-refractivity contribution in [2.45, 2.75) is 51.4 Å². The summed E-state index contributed by atoms with van der Waals surface area (Å²) < 4.78 is 5.01. The summed E-state index contributed by atoms with van der Waals surface area (Å²) in [5.41, 5.74) is 6.99. The second-order valence-electron chi connectivity index (χ2n) is 10.3. The minimum absolute atomic E-state index is 0.0215. The van der Waals surface area contributed by atoms with Crippen LogP contribution in [0.1, 0.15) is 49.8 Å². The van der Waals surface area contributed by atoms with Gasteiger partial charge in [-0.3, -0.25) is 14.6 Å². The fraction of sp³-hybridized carbons (Fsp3) is 0.448. The second kappa shape index (κ2) is 9.52. The van der Waals surface area contributed by atoms with Gasteiger partial charge in [-0.15, -0.1) is 0 Å². The van der Waals surface area contributed by atoms with Gasteiger partial charge in [0.2, 0.25) is 5.91 Å². The number of benzene rings is 1. The quantitative estimate of drug-likeness (QED) is 0.518. The molecule has 0 bridgehead atoms. The van der Waals surface area contributed by atoms with Gasteiger partial charge in [0.15, 0.2) is 0 Å². The van der Waals surface area contributed by atoms with Crippen molar-refractivity contribution in [1.29, 1.82) is 0 Å². The molecule has 36 heavy (non-hydrogen) atoms. The highest BCUT2D eigenvalue weighted by molar-refractivity contribution is 5.98. The Bertz CT molecular complexity index is 1330. The fourth-order valence-electron chi connectivity index (χ4n) is 5.70. The molecule has 0 atom stereocenters. The molecule has 1 aliphatic heterocycles. The Hall–Kier alpha value is -3.48. The number of nitrogens with zero attached hydrogens (tertiary/aromatic N) is 3. The van der Waals surface area contributed by atoms with Crippen LogP contribution in [-0.2, 0) is 27.2 Å². The van der Waals surface area contributed by atoms with Crippen LogP contribution in [0.25, 0.3) is 22.0 Å². The molecule has 2 aromatic heterocycles.